The van der Waals surface area contributed by atoms with Crippen LogP contribution >= 0.6 is 0 Å². The summed E-state index contributed by atoms with van der Waals surface area (Å²) in [7, 11) is 1.86. The zero-order chi connectivity index (χ0) is 13.8. The fourth-order valence-electron chi connectivity index (χ4n) is 2.35. The molecule has 6 heteroatoms. The Bertz CT molecular complexity index is 450. The van der Waals surface area contributed by atoms with E-state index in [4.69, 9.17) is 4.74 Å². The molecule has 1 aromatic heterocycles. The Hall–Kier alpha value is -1.56. The molecule has 0 aromatic carbocycles. The maximum Gasteiger partial charge on any atom is 0.258 e. The Labute approximate surface area is 113 Å². The van der Waals surface area contributed by atoms with Gasteiger partial charge in [0.15, 0.2) is 12.4 Å². The van der Waals surface area contributed by atoms with Gasteiger partial charge in [0.25, 0.3) is 5.91 Å². The molecule has 0 spiro atoms. The van der Waals surface area contributed by atoms with Crippen molar-refractivity contribution in [1.82, 2.24) is 20.4 Å². The maximum absolute atomic E-state index is 11.8. The number of amides is 1. The molecule has 1 amide bonds. The highest BCUT2D eigenvalue weighted by atomic mass is 16.5. The Morgan fingerprint density at radius 2 is 2.37 bits per heavy atom. The van der Waals surface area contributed by atoms with Crippen molar-refractivity contribution >= 4 is 5.91 Å². The van der Waals surface area contributed by atoms with Crippen molar-refractivity contribution in [2.45, 2.75) is 32.7 Å². The molecule has 19 heavy (non-hydrogen) atoms. The van der Waals surface area contributed by atoms with Gasteiger partial charge in [0.05, 0.1) is 5.69 Å². The summed E-state index contributed by atoms with van der Waals surface area (Å²) in [4.78, 5) is 11.8. The van der Waals surface area contributed by atoms with Crippen LogP contribution < -0.4 is 15.4 Å². The first-order chi connectivity index (χ1) is 9.08. The number of hydrogen-bond acceptors (Lipinski definition) is 4. The molecule has 1 aliphatic rings. The first-order valence-corrected chi connectivity index (χ1v) is 6.71. The second kappa shape index (κ2) is 6.06. The molecule has 106 valence electrons. The lowest BCUT2D eigenvalue weighted by Gasteiger charge is -2.23. The third-order valence-corrected chi connectivity index (χ3v) is 3.45. The third-order valence-electron chi connectivity index (χ3n) is 3.45. The molecule has 2 heterocycles. The van der Waals surface area contributed by atoms with Crippen molar-refractivity contribution in [2.75, 3.05) is 19.7 Å². The minimum Gasteiger partial charge on any atom is -0.480 e. The fraction of sp³-hybridized carbons (Fsp3) is 0.692. The molecule has 1 aliphatic heterocycles. The van der Waals surface area contributed by atoms with E-state index in [0.717, 1.165) is 37.3 Å². The highest BCUT2D eigenvalue weighted by Gasteiger charge is 2.17. The van der Waals surface area contributed by atoms with Crippen molar-refractivity contribution in [3.8, 4) is 5.75 Å². The number of aryl methyl sites for hydroxylation is 2. The standard InChI is InChI=1S/C13H22N4O2/c1-9-13(10(2)17(3)16-9)19-8-12(18)15-11-5-4-6-14-7-11/h11,14H,4-8H2,1-3H3,(H,15,18)/t11-/m0/s1. The molecule has 0 saturated carbocycles. The van der Waals surface area contributed by atoms with E-state index >= 15 is 0 Å². The molecular formula is C13H22N4O2. The normalized spacial score (nSPS) is 19.2. The summed E-state index contributed by atoms with van der Waals surface area (Å²) in [5, 5.41) is 10.5. The first-order valence-electron chi connectivity index (χ1n) is 6.71. The topological polar surface area (TPSA) is 68.2 Å². The van der Waals surface area contributed by atoms with Gasteiger partial charge in [0, 0.05) is 19.6 Å². The predicted octanol–water partition coefficient (Wildman–Crippen LogP) is 0.284. The lowest BCUT2D eigenvalue weighted by molar-refractivity contribution is -0.123. The second-order valence-electron chi connectivity index (χ2n) is 5.02. The largest absolute Gasteiger partial charge is 0.480 e. The smallest absolute Gasteiger partial charge is 0.258 e. The highest BCUT2D eigenvalue weighted by molar-refractivity contribution is 5.77. The van der Waals surface area contributed by atoms with E-state index in [9.17, 15) is 4.79 Å². The number of rotatable bonds is 4. The van der Waals surface area contributed by atoms with Crippen LogP contribution in [0.1, 0.15) is 24.2 Å². The Morgan fingerprint density at radius 1 is 1.58 bits per heavy atom. The number of carbonyl (C=O) groups excluding carboxylic acids is 1. The Kier molecular flexibility index (Phi) is 4.42. The zero-order valence-electron chi connectivity index (χ0n) is 11.8. The van der Waals surface area contributed by atoms with Crippen LogP contribution in [-0.4, -0.2) is 41.4 Å². The van der Waals surface area contributed by atoms with Gasteiger partial charge < -0.3 is 15.4 Å². The molecule has 0 radical (unpaired) electrons. The van der Waals surface area contributed by atoms with Gasteiger partial charge in [-0.15, -0.1) is 0 Å². The van der Waals surface area contributed by atoms with E-state index in [1.54, 1.807) is 4.68 Å². The number of nitrogens with zero attached hydrogens (tertiary/aromatic N) is 2. The van der Waals surface area contributed by atoms with Crippen LogP contribution in [0.2, 0.25) is 0 Å². The zero-order valence-corrected chi connectivity index (χ0v) is 11.8. The summed E-state index contributed by atoms with van der Waals surface area (Å²) in [5.41, 5.74) is 1.75. The lowest BCUT2D eigenvalue weighted by atomic mass is 10.1. The maximum atomic E-state index is 11.8. The minimum absolute atomic E-state index is 0.0455. The van der Waals surface area contributed by atoms with E-state index in [2.05, 4.69) is 15.7 Å². The molecule has 0 bridgehead atoms. The van der Waals surface area contributed by atoms with Gasteiger partial charge in [-0.25, -0.2) is 0 Å². The van der Waals surface area contributed by atoms with Gasteiger partial charge in [0.1, 0.15) is 5.69 Å². The van der Waals surface area contributed by atoms with Crippen LogP contribution in [0, 0.1) is 13.8 Å². The van der Waals surface area contributed by atoms with Gasteiger partial charge in [-0.05, 0) is 33.2 Å². The van der Waals surface area contributed by atoms with Gasteiger partial charge in [0.2, 0.25) is 0 Å². The molecular weight excluding hydrogens is 244 g/mol. The number of nitrogens with one attached hydrogen (secondary N) is 2. The molecule has 2 rings (SSSR count). The van der Waals surface area contributed by atoms with Gasteiger partial charge in [-0.2, -0.15) is 5.10 Å². The van der Waals surface area contributed by atoms with E-state index in [-0.39, 0.29) is 18.6 Å². The summed E-state index contributed by atoms with van der Waals surface area (Å²) in [6, 6.07) is 0.223. The summed E-state index contributed by atoms with van der Waals surface area (Å²) in [6.07, 6.45) is 2.14. The van der Waals surface area contributed by atoms with Crippen molar-refractivity contribution in [3.63, 3.8) is 0 Å². The Balaban J connectivity index is 1.82. The molecule has 1 saturated heterocycles. The lowest BCUT2D eigenvalue weighted by Crippen LogP contribution is -2.47. The van der Waals surface area contributed by atoms with E-state index < -0.39 is 0 Å². The van der Waals surface area contributed by atoms with E-state index in [0.29, 0.717) is 5.75 Å². The van der Waals surface area contributed by atoms with Gasteiger partial charge >= 0.3 is 0 Å². The monoisotopic (exact) mass is 266 g/mol. The molecule has 0 unspecified atom stereocenters. The number of carbonyl (C=O) groups is 1. The van der Waals surface area contributed by atoms with Gasteiger partial charge in [-0.3, -0.25) is 9.48 Å². The average molecular weight is 266 g/mol. The SMILES string of the molecule is Cc1nn(C)c(C)c1OCC(=O)N[C@H]1CCCNC1. The summed E-state index contributed by atoms with van der Waals surface area (Å²) >= 11 is 0. The second-order valence-corrected chi connectivity index (χ2v) is 5.02. The molecule has 6 nitrogen and oxygen atoms in total. The first kappa shape index (κ1) is 13.9. The summed E-state index contributed by atoms with van der Waals surface area (Å²) in [6.45, 7) is 5.74. The molecule has 0 aliphatic carbocycles. The fourth-order valence-corrected chi connectivity index (χ4v) is 2.35. The van der Waals surface area contributed by atoms with Gasteiger partial charge in [-0.1, -0.05) is 0 Å². The van der Waals surface area contributed by atoms with Crippen LogP contribution in [0.25, 0.3) is 0 Å². The molecule has 1 atom stereocenters. The van der Waals surface area contributed by atoms with Crippen molar-refractivity contribution < 1.29 is 9.53 Å². The van der Waals surface area contributed by atoms with Crippen LogP contribution in [0.5, 0.6) is 5.75 Å². The van der Waals surface area contributed by atoms with E-state index in [1.165, 1.54) is 0 Å². The molecule has 1 fully saturated rings. The third kappa shape index (κ3) is 3.47. The summed E-state index contributed by atoms with van der Waals surface area (Å²) in [5.74, 6) is 0.635. The van der Waals surface area contributed by atoms with Crippen LogP contribution in [0.3, 0.4) is 0 Å². The number of piperidine rings is 1. The summed E-state index contributed by atoms with van der Waals surface area (Å²) < 4.78 is 7.33. The average Bonchev–Trinajstić information content (AvgIpc) is 2.62. The minimum atomic E-state index is -0.0728. The van der Waals surface area contributed by atoms with Crippen molar-refractivity contribution in [2.24, 2.45) is 7.05 Å². The number of hydrogen-bond donors (Lipinski definition) is 2. The van der Waals surface area contributed by atoms with Crippen LogP contribution in [0.15, 0.2) is 0 Å². The predicted molar refractivity (Wildman–Crippen MR) is 72.2 cm³/mol. The number of ether oxygens (including phenoxy) is 1. The van der Waals surface area contributed by atoms with Crippen LogP contribution in [-0.2, 0) is 11.8 Å². The van der Waals surface area contributed by atoms with E-state index in [1.807, 2.05) is 20.9 Å². The molecule has 1 aromatic rings. The van der Waals surface area contributed by atoms with Crippen LogP contribution in [0.4, 0.5) is 0 Å². The highest BCUT2D eigenvalue weighted by Crippen LogP contribution is 2.20. The van der Waals surface area contributed by atoms with Crippen molar-refractivity contribution in [1.29, 1.82) is 0 Å². The quantitative estimate of drug-likeness (QED) is 0.821. The van der Waals surface area contributed by atoms with Crippen molar-refractivity contribution in [3.05, 3.63) is 11.4 Å². The molecule has 2 N–H and O–H groups in total. The number of aromatic nitrogens is 2. The Morgan fingerprint density at radius 3 is 2.95 bits per heavy atom.